The van der Waals surface area contributed by atoms with Crippen molar-refractivity contribution in [3.63, 3.8) is 0 Å². The van der Waals surface area contributed by atoms with Crippen LogP contribution >= 0.6 is 0 Å². The molecule has 3 heterocycles. The standard InChI is InChI=1S/C23H19FN6O2/c1-29-21(30-19-5-3-13(24)9-17(19)23(6-7-23)22(30)32)16(11-26-29)12-2-4-14-15(8-12)18(10-25)27-28-20(14)31/h2-5,8-9,11H,6-7,10,25H2,1H3,(H,28,31). The van der Waals surface area contributed by atoms with Gasteiger partial charge in [-0.1, -0.05) is 6.07 Å². The van der Waals surface area contributed by atoms with Crippen LogP contribution in [0.25, 0.3) is 21.9 Å². The molecule has 0 atom stereocenters. The molecule has 1 amide bonds. The predicted molar refractivity (Wildman–Crippen MR) is 117 cm³/mol. The van der Waals surface area contributed by atoms with Gasteiger partial charge in [0.05, 0.1) is 28.4 Å². The highest BCUT2D eigenvalue weighted by molar-refractivity contribution is 6.15. The van der Waals surface area contributed by atoms with Gasteiger partial charge in [-0.3, -0.25) is 19.2 Å². The van der Waals surface area contributed by atoms with Gasteiger partial charge in [0.2, 0.25) is 5.91 Å². The Morgan fingerprint density at radius 3 is 2.72 bits per heavy atom. The fourth-order valence-electron chi connectivity index (χ4n) is 4.79. The first-order valence-corrected chi connectivity index (χ1v) is 10.3. The molecule has 8 nitrogen and oxygen atoms in total. The molecule has 9 heteroatoms. The van der Waals surface area contributed by atoms with E-state index in [2.05, 4.69) is 15.3 Å². The molecule has 1 saturated carbocycles. The lowest BCUT2D eigenvalue weighted by Crippen LogP contribution is -2.29. The molecule has 0 unspecified atom stereocenters. The van der Waals surface area contributed by atoms with Crippen LogP contribution in [0.4, 0.5) is 15.9 Å². The zero-order valence-electron chi connectivity index (χ0n) is 17.2. The molecule has 1 fully saturated rings. The van der Waals surface area contributed by atoms with Crippen LogP contribution in [0.3, 0.4) is 0 Å². The summed E-state index contributed by atoms with van der Waals surface area (Å²) in [6, 6.07) is 9.88. The Bertz CT molecular complexity index is 1500. The number of nitrogens with one attached hydrogen (secondary N) is 1. The molecular formula is C23H19FN6O2. The minimum absolute atomic E-state index is 0.0653. The average molecular weight is 430 g/mol. The number of amides is 1. The van der Waals surface area contributed by atoms with E-state index in [0.29, 0.717) is 40.8 Å². The Kier molecular flexibility index (Phi) is 3.74. The van der Waals surface area contributed by atoms with Crippen molar-refractivity contribution in [3.8, 4) is 11.1 Å². The minimum atomic E-state index is -0.647. The normalized spacial score (nSPS) is 16.2. The molecule has 2 aromatic carbocycles. The molecule has 2 aromatic heterocycles. The van der Waals surface area contributed by atoms with Crippen LogP contribution in [0.2, 0.25) is 0 Å². The monoisotopic (exact) mass is 430 g/mol. The summed E-state index contributed by atoms with van der Waals surface area (Å²) in [6.45, 7) is 0.169. The summed E-state index contributed by atoms with van der Waals surface area (Å²) in [4.78, 5) is 27.4. The number of halogens is 1. The first kappa shape index (κ1) is 18.9. The second-order valence-corrected chi connectivity index (χ2v) is 8.35. The Hall–Kier alpha value is -3.85. The van der Waals surface area contributed by atoms with Crippen molar-refractivity contribution in [1.82, 2.24) is 20.0 Å². The maximum absolute atomic E-state index is 14.0. The third-order valence-electron chi connectivity index (χ3n) is 6.57. The van der Waals surface area contributed by atoms with E-state index in [1.807, 2.05) is 12.1 Å². The van der Waals surface area contributed by atoms with E-state index in [0.717, 1.165) is 16.7 Å². The maximum atomic E-state index is 14.0. The van der Waals surface area contributed by atoms with Crippen molar-refractivity contribution >= 4 is 28.2 Å². The third-order valence-corrected chi connectivity index (χ3v) is 6.57. The smallest absolute Gasteiger partial charge is 0.272 e. The van der Waals surface area contributed by atoms with Crippen LogP contribution in [-0.4, -0.2) is 25.9 Å². The van der Waals surface area contributed by atoms with Gasteiger partial charge in [0, 0.05) is 24.5 Å². The maximum Gasteiger partial charge on any atom is 0.272 e. The lowest BCUT2D eigenvalue weighted by molar-refractivity contribution is -0.119. The molecule has 32 heavy (non-hydrogen) atoms. The Morgan fingerprint density at radius 2 is 1.97 bits per heavy atom. The summed E-state index contributed by atoms with van der Waals surface area (Å²) >= 11 is 0. The van der Waals surface area contributed by atoms with Crippen molar-refractivity contribution in [2.45, 2.75) is 24.8 Å². The number of H-pyrrole nitrogens is 1. The highest BCUT2D eigenvalue weighted by Crippen LogP contribution is 2.59. The summed E-state index contributed by atoms with van der Waals surface area (Å²) in [7, 11) is 1.77. The molecule has 1 aliphatic carbocycles. The Morgan fingerprint density at radius 1 is 1.16 bits per heavy atom. The van der Waals surface area contributed by atoms with Crippen molar-refractivity contribution < 1.29 is 9.18 Å². The van der Waals surface area contributed by atoms with Gasteiger partial charge >= 0.3 is 0 Å². The summed E-state index contributed by atoms with van der Waals surface area (Å²) < 4.78 is 15.7. The van der Waals surface area contributed by atoms with E-state index in [1.165, 1.54) is 12.1 Å². The molecule has 160 valence electrons. The summed E-state index contributed by atoms with van der Waals surface area (Å²) in [6.07, 6.45) is 3.10. The minimum Gasteiger partial charge on any atom is -0.325 e. The molecule has 2 aliphatic rings. The van der Waals surface area contributed by atoms with E-state index >= 15 is 0 Å². The summed E-state index contributed by atoms with van der Waals surface area (Å²) in [5, 5.41) is 12.1. The number of rotatable bonds is 3. The van der Waals surface area contributed by atoms with E-state index in [-0.39, 0.29) is 23.8 Å². The SMILES string of the molecule is Cn1ncc(-c2ccc3c(=O)[nH]nc(CN)c3c2)c1N1C(=O)C2(CC2)c2cc(F)ccc21. The van der Waals surface area contributed by atoms with E-state index in [9.17, 15) is 14.0 Å². The lowest BCUT2D eigenvalue weighted by Gasteiger charge is -2.20. The van der Waals surface area contributed by atoms with E-state index in [4.69, 9.17) is 5.73 Å². The predicted octanol–water partition coefficient (Wildman–Crippen LogP) is 2.63. The fraction of sp³-hybridized carbons (Fsp3) is 0.217. The van der Waals surface area contributed by atoms with Gasteiger partial charge in [-0.05, 0) is 54.3 Å². The van der Waals surface area contributed by atoms with Crippen molar-refractivity contribution in [3.05, 3.63) is 70.0 Å². The molecule has 6 rings (SSSR count). The van der Waals surface area contributed by atoms with Crippen LogP contribution in [-0.2, 0) is 23.8 Å². The molecular weight excluding hydrogens is 411 g/mol. The molecule has 3 N–H and O–H groups in total. The number of benzene rings is 2. The van der Waals surface area contributed by atoms with Gasteiger partial charge < -0.3 is 5.73 Å². The molecule has 4 aromatic rings. The number of aryl methyl sites for hydroxylation is 1. The number of carbonyl (C=O) groups excluding carboxylic acids is 1. The molecule has 0 saturated heterocycles. The number of anilines is 2. The number of nitrogens with two attached hydrogens (primary N) is 1. The topological polar surface area (TPSA) is 110 Å². The quantitative estimate of drug-likeness (QED) is 0.519. The number of hydrogen-bond donors (Lipinski definition) is 2. The van der Waals surface area contributed by atoms with Gasteiger partial charge in [0.15, 0.2) is 0 Å². The second kappa shape index (κ2) is 6.33. The van der Waals surface area contributed by atoms with Gasteiger partial charge in [-0.15, -0.1) is 0 Å². The van der Waals surface area contributed by atoms with Crippen LogP contribution < -0.4 is 16.2 Å². The molecule has 0 radical (unpaired) electrons. The molecule has 1 aliphatic heterocycles. The summed E-state index contributed by atoms with van der Waals surface area (Å²) in [5.74, 6) is 0.180. The van der Waals surface area contributed by atoms with Gasteiger partial charge in [0.25, 0.3) is 5.56 Å². The second-order valence-electron chi connectivity index (χ2n) is 8.35. The van der Waals surface area contributed by atoms with E-state index < -0.39 is 5.41 Å². The number of carbonyl (C=O) groups is 1. The fourth-order valence-corrected chi connectivity index (χ4v) is 4.79. The number of aromatic amines is 1. The zero-order valence-corrected chi connectivity index (χ0v) is 17.2. The van der Waals surface area contributed by atoms with Crippen LogP contribution in [0, 0.1) is 5.82 Å². The molecule has 1 spiro atoms. The van der Waals surface area contributed by atoms with Gasteiger partial charge in [-0.25, -0.2) is 9.49 Å². The first-order valence-electron chi connectivity index (χ1n) is 10.3. The summed E-state index contributed by atoms with van der Waals surface area (Å²) in [5.41, 5.74) is 8.36. The number of fused-ring (bicyclic) bond motifs is 3. The third kappa shape index (κ3) is 2.39. The van der Waals surface area contributed by atoms with Gasteiger partial charge in [-0.2, -0.15) is 10.2 Å². The van der Waals surface area contributed by atoms with Crippen molar-refractivity contribution in [1.29, 1.82) is 0 Å². The number of nitrogens with zero attached hydrogens (tertiary/aromatic N) is 4. The first-order chi connectivity index (χ1) is 15.4. The largest absolute Gasteiger partial charge is 0.325 e. The molecule has 0 bridgehead atoms. The Labute approximate surface area is 181 Å². The van der Waals surface area contributed by atoms with Crippen LogP contribution in [0.1, 0.15) is 24.1 Å². The van der Waals surface area contributed by atoms with Crippen LogP contribution in [0.5, 0.6) is 0 Å². The zero-order chi connectivity index (χ0) is 22.2. The Balaban J connectivity index is 1.57. The number of hydrogen-bond acceptors (Lipinski definition) is 5. The highest BCUT2D eigenvalue weighted by atomic mass is 19.1. The lowest BCUT2D eigenvalue weighted by atomic mass is 9.98. The van der Waals surface area contributed by atoms with Gasteiger partial charge in [0.1, 0.15) is 11.6 Å². The number of aromatic nitrogens is 4. The average Bonchev–Trinajstić information content (AvgIpc) is 3.47. The van der Waals surface area contributed by atoms with Crippen molar-refractivity contribution in [2.75, 3.05) is 4.90 Å². The van der Waals surface area contributed by atoms with E-state index in [1.54, 1.807) is 35.0 Å². The van der Waals surface area contributed by atoms with Crippen LogP contribution in [0.15, 0.2) is 47.4 Å². The van der Waals surface area contributed by atoms with Crippen molar-refractivity contribution in [2.24, 2.45) is 12.8 Å². The highest BCUT2D eigenvalue weighted by Gasteiger charge is 2.60.